The zero-order valence-electron chi connectivity index (χ0n) is 12.2. The second kappa shape index (κ2) is 6.03. The molecular weight excluding hydrogens is 292 g/mol. The third kappa shape index (κ3) is 3.54. The van der Waals surface area contributed by atoms with Gasteiger partial charge in [-0.25, -0.2) is 4.79 Å². The van der Waals surface area contributed by atoms with Crippen molar-refractivity contribution < 1.29 is 18.3 Å². The number of rotatable bonds is 4. The Kier molecular flexibility index (Phi) is 4.53. The largest absolute Gasteiger partial charge is 0.478 e. The molecular formula is C14H20N2O4S. The highest BCUT2D eigenvalue weighted by molar-refractivity contribution is 7.90. The maximum absolute atomic E-state index is 12.4. The van der Waals surface area contributed by atoms with Crippen molar-refractivity contribution >= 4 is 21.9 Å². The van der Waals surface area contributed by atoms with Crippen LogP contribution in [0.25, 0.3) is 0 Å². The van der Waals surface area contributed by atoms with Crippen LogP contribution in [0.3, 0.4) is 0 Å². The van der Waals surface area contributed by atoms with Gasteiger partial charge < -0.3 is 5.11 Å². The Morgan fingerprint density at radius 2 is 2.10 bits per heavy atom. The fourth-order valence-corrected chi connectivity index (χ4v) is 4.07. The van der Waals surface area contributed by atoms with Gasteiger partial charge in [-0.2, -0.15) is 12.7 Å². The molecule has 1 aliphatic rings. The number of nitrogens with one attached hydrogen (secondary N) is 1. The zero-order valence-corrected chi connectivity index (χ0v) is 13.0. The summed E-state index contributed by atoms with van der Waals surface area (Å²) in [5, 5.41) is 9.20. The number of benzene rings is 1. The van der Waals surface area contributed by atoms with Crippen molar-refractivity contribution in [2.24, 2.45) is 0 Å². The highest BCUT2D eigenvalue weighted by Crippen LogP contribution is 2.24. The lowest BCUT2D eigenvalue weighted by Gasteiger charge is -2.32. The lowest BCUT2D eigenvalue weighted by molar-refractivity contribution is 0.0698. The molecule has 0 saturated carbocycles. The molecule has 1 aliphatic heterocycles. The van der Waals surface area contributed by atoms with E-state index in [1.165, 1.54) is 16.4 Å². The van der Waals surface area contributed by atoms with Gasteiger partial charge in [-0.3, -0.25) is 4.72 Å². The van der Waals surface area contributed by atoms with Gasteiger partial charge in [0.15, 0.2) is 0 Å². The van der Waals surface area contributed by atoms with E-state index in [0.29, 0.717) is 6.54 Å². The molecule has 116 valence electrons. The summed E-state index contributed by atoms with van der Waals surface area (Å²) in [5.74, 6) is -1.15. The third-order valence-electron chi connectivity index (χ3n) is 3.70. The summed E-state index contributed by atoms with van der Waals surface area (Å²) >= 11 is 0. The van der Waals surface area contributed by atoms with Gasteiger partial charge in [0.05, 0.1) is 11.3 Å². The molecule has 0 spiro atoms. The quantitative estimate of drug-likeness (QED) is 0.892. The number of piperidine rings is 1. The fraction of sp³-hybridized carbons (Fsp3) is 0.500. The lowest BCUT2D eigenvalue weighted by Crippen LogP contribution is -2.45. The smallest absolute Gasteiger partial charge is 0.337 e. The standard InChI is InChI=1S/C14H20N2O4S/c1-10-6-7-13(12(9-10)14(17)18)15-21(19,20)16-8-4-3-5-11(16)2/h6-7,9,11,15H,3-5,8H2,1-2H3,(H,17,18). The van der Waals surface area contributed by atoms with E-state index in [4.69, 9.17) is 0 Å². The minimum Gasteiger partial charge on any atom is -0.478 e. The highest BCUT2D eigenvalue weighted by Gasteiger charge is 2.30. The van der Waals surface area contributed by atoms with Gasteiger partial charge in [0.1, 0.15) is 0 Å². The van der Waals surface area contributed by atoms with Crippen LogP contribution in [0.4, 0.5) is 5.69 Å². The first-order chi connectivity index (χ1) is 9.81. The summed E-state index contributed by atoms with van der Waals surface area (Å²) in [6, 6.07) is 4.56. The SMILES string of the molecule is Cc1ccc(NS(=O)(=O)N2CCCCC2C)c(C(=O)O)c1. The van der Waals surface area contributed by atoms with Gasteiger partial charge in [-0.15, -0.1) is 0 Å². The summed E-state index contributed by atoms with van der Waals surface area (Å²) < 4.78 is 28.7. The zero-order chi connectivity index (χ0) is 15.6. The van der Waals surface area contributed by atoms with E-state index in [2.05, 4.69) is 4.72 Å². The summed E-state index contributed by atoms with van der Waals surface area (Å²) in [4.78, 5) is 11.3. The minimum absolute atomic E-state index is 0.0387. The maximum atomic E-state index is 12.4. The molecule has 1 aromatic carbocycles. The summed E-state index contributed by atoms with van der Waals surface area (Å²) in [7, 11) is -3.73. The molecule has 1 unspecified atom stereocenters. The fourth-order valence-electron chi connectivity index (χ4n) is 2.55. The molecule has 21 heavy (non-hydrogen) atoms. The Balaban J connectivity index is 2.30. The molecule has 7 heteroatoms. The molecule has 2 N–H and O–H groups in total. The summed E-state index contributed by atoms with van der Waals surface area (Å²) in [6.07, 6.45) is 2.66. The summed E-state index contributed by atoms with van der Waals surface area (Å²) in [6.45, 7) is 4.09. The van der Waals surface area contributed by atoms with E-state index < -0.39 is 16.2 Å². The van der Waals surface area contributed by atoms with Gasteiger partial charge >= 0.3 is 16.2 Å². The molecule has 0 amide bonds. The van der Waals surface area contributed by atoms with Gasteiger partial charge in [-0.1, -0.05) is 18.1 Å². The number of aromatic carboxylic acids is 1. The van der Waals surface area contributed by atoms with Crippen molar-refractivity contribution in [2.75, 3.05) is 11.3 Å². The normalized spacial score (nSPS) is 20.2. The van der Waals surface area contributed by atoms with E-state index in [1.54, 1.807) is 13.0 Å². The summed E-state index contributed by atoms with van der Waals surface area (Å²) in [5.41, 5.74) is 0.829. The van der Waals surface area contributed by atoms with Crippen molar-refractivity contribution in [3.8, 4) is 0 Å². The lowest BCUT2D eigenvalue weighted by atomic mass is 10.1. The minimum atomic E-state index is -3.73. The van der Waals surface area contributed by atoms with Crippen molar-refractivity contribution in [2.45, 2.75) is 39.2 Å². The van der Waals surface area contributed by atoms with Crippen LogP contribution >= 0.6 is 0 Å². The molecule has 1 heterocycles. The molecule has 0 bridgehead atoms. The number of carboxylic acids is 1. The van der Waals surface area contributed by atoms with Crippen LogP contribution in [0.1, 0.15) is 42.1 Å². The van der Waals surface area contributed by atoms with Crippen molar-refractivity contribution in [1.82, 2.24) is 4.31 Å². The molecule has 0 aliphatic carbocycles. The molecule has 2 rings (SSSR count). The van der Waals surface area contributed by atoms with Gasteiger partial charge in [0.2, 0.25) is 0 Å². The number of hydrogen-bond acceptors (Lipinski definition) is 3. The number of aryl methyl sites for hydroxylation is 1. The second-order valence-electron chi connectivity index (χ2n) is 5.42. The first-order valence-electron chi connectivity index (χ1n) is 6.95. The second-order valence-corrected chi connectivity index (χ2v) is 7.04. The Bertz CT molecular complexity index is 642. The van der Waals surface area contributed by atoms with Crippen LogP contribution in [0.2, 0.25) is 0 Å². The molecule has 1 saturated heterocycles. The van der Waals surface area contributed by atoms with Crippen LogP contribution in [-0.2, 0) is 10.2 Å². The number of hydrogen-bond donors (Lipinski definition) is 2. The van der Waals surface area contributed by atoms with E-state index in [0.717, 1.165) is 24.8 Å². The van der Waals surface area contributed by atoms with Gasteiger partial charge in [0.25, 0.3) is 0 Å². The molecule has 1 fully saturated rings. The van der Waals surface area contributed by atoms with Crippen molar-refractivity contribution in [3.63, 3.8) is 0 Å². The van der Waals surface area contributed by atoms with Crippen molar-refractivity contribution in [1.29, 1.82) is 0 Å². The first-order valence-corrected chi connectivity index (χ1v) is 8.39. The van der Waals surface area contributed by atoms with E-state index >= 15 is 0 Å². The molecule has 6 nitrogen and oxygen atoms in total. The van der Waals surface area contributed by atoms with Crippen LogP contribution in [-0.4, -0.2) is 36.4 Å². The molecule has 0 aromatic heterocycles. The van der Waals surface area contributed by atoms with E-state index in [9.17, 15) is 18.3 Å². The van der Waals surface area contributed by atoms with E-state index in [-0.39, 0.29) is 17.3 Å². The van der Waals surface area contributed by atoms with Crippen LogP contribution in [0, 0.1) is 6.92 Å². The Morgan fingerprint density at radius 3 is 2.71 bits per heavy atom. The van der Waals surface area contributed by atoms with E-state index in [1.807, 2.05) is 6.92 Å². The third-order valence-corrected chi connectivity index (χ3v) is 5.33. The Labute approximate surface area is 125 Å². The number of carbonyl (C=O) groups is 1. The predicted molar refractivity (Wildman–Crippen MR) is 80.7 cm³/mol. The molecule has 1 aromatic rings. The topological polar surface area (TPSA) is 86.7 Å². The molecule has 0 radical (unpaired) electrons. The maximum Gasteiger partial charge on any atom is 0.337 e. The van der Waals surface area contributed by atoms with Crippen molar-refractivity contribution in [3.05, 3.63) is 29.3 Å². The number of carboxylic acid groups (broad SMARTS) is 1. The number of nitrogens with zero attached hydrogens (tertiary/aromatic N) is 1. The Hall–Kier alpha value is -1.60. The predicted octanol–water partition coefficient (Wildman–Crippen LogP) is 2.22. The average molecular weight is 312 g/mol. The first kappa shape index (κ1) is 15.8. The number of anilines is 1. The molecule has 1 atom stereocenters. The monoisotopic (exact) mass is 312 g/mol. The van der Waals surface area contributed by atoms with Crippen LogP contribution in [0.15, 0.2) is 18.2 Å². The Morgan fingerprint density at radius 1 is 1.38 bits per heavy atom. The highest BCUT2D eigenvalue weighted by atomic mass is 32.2. The van der Waals surface area contributed by atoms with Crippen LogP contribution < -0.4 is 4.72 Å². The average Bonchev–Trinajstić information content (AvgIpc) is 2.40. The van der Waals surface area contributed by atoms with Gasteiger partial charge in [0, 0.05) is 12.6 Å². The van der Waals surface area contributed by atoms with Gasteiger partial charge in [-0.05, 0) is 38.8 Å². The van der Waals surface area contributed by atoms with Crippen LogP contribution in [0.5, 0.6) is 0 Å².